The largest absolute Gasteiger partial charge is 0.480 e. The van der Waals surface area contributed by atoms with Crippen molar-refractivity contribution in [1.82, 2.24) is 10.6 Å². The van der Waals surface area contributed by atoms with E-state index in [4.69, 9.17) is 0 Å². The fourth-order valence-corrected chi connectivity index (χ4v) is 3.52. The number of aliphatic carboxylic acids is 1. The topological polar surface area (TPSA) is 90.8 Å². The molecule has 0 aliphatic carbocycles. The molecule has 0 bridgehead atoms. The van der Waals surface area contributed by atoms with Crippen LogP contribution in [0.4, 0.5) is 0 Å². The highest BCUT2D eigenvalue weighted by atomic mass is 16.4. The number of carbonyl (C=O) groups is 2. The summed E-state index contributed by atoms with van der Waals surface area (Å²) in [5, 5.41) is 15.4. The van der Waals surface area contributed by atoms with Crippen molar-refractivity contribution >= 4 is 17.7 Å². The van der Waals surface area contributed by atoms with Crippen LogP contribution in [0.1, 0.15) is 21.5 Å². The van der Waals surface area contributed by atoms with E-state index in [0.717, 1.165) is 41.2 Å². The van der Waals surface area contributed by atoms with Crippen molar-refractivity contribution in [3.05, 3.63) is 95.6 Å². The van der Waals surface area contributed by atoms with E-state index < -0.39 is 17.9 Å². The van der Waals surface area contributed by atoms with Gasteiger partial charge < -0.3 is 15.7 Å². The van der Waals surface area contributed by atoms with E-state index in [1.165, 1.54) is 0 Å². The van der Waals surface area contributed by atoms with Gasteiger partial charge in [0.2, 0.25) is 0 Å². The zero-order valence-electron chi connectivity index (χ0n) is 16.9. The highest BCUT2D eigenvalue weighted by Gasteiger charge is 2.21. The average molecular weight is 413 g/mol. The van der Waals surface area contributed by atoms with Crippen LogP contribution >= 0.6 is 0 Å². The van der Waals surface area contributed by atoms with Crippen molar-refractivity contribution in [3.63, 3.8) is 0 Å². The molecular formula is C25H23N3O3. The number of amidine groups is 1. The molecule has 0 spiro atoms. The standard InChI is InChI=1S/C25H23N3O3/c29-24(28-22(25(30)31)16-17-4-2-1-3-5-17)21-12-8-19(9-13-21)18-6-10-20(11-7-18)23-26-14-15-27-23/h1-13,22H,14-16H2,(H,26,27)(H,28,29)(H,30,31)/t22-/m0/s1. The third-order valence-electron chi connectivity index (χ3n) is 5.20. The molecule has 156 valence electrons. The summed E-state index contributed by atoms with van der Waals surface area (Å²) >= 11 is 0. The first-order valence-electron chi connectivity index (χ1n) is 10.2. The Labute approximate surface area is 180 Å². The number of carbonyl (C=O) groups excluding carboxylic acids is 1. The molecule has 0 aromatic heterocycles. The van der Waals surface area contributed by atoms with Crippen LogP contribution in [-0.2, 0) is 11.2 Å². The number of aliphatic imine (C=N–C) groups is 1. The summed E-state index contributed by atoms with van der Waals surface area (Å²) in [4.78, 5) is 28.6. The fourth-order valence-electron chi connectivity index (χ4n) is 3.52. The number of nitrogens with zero attached hydrogens (tertiary/aromatic N) is 1. The van der Waals surface area contributed by atoms with Gasteiger partial charge in [-0.05, 0) is 28.8 Å². The molecule has 3 aromatic carbocycles. The molecule has 1 atom stereocenters. The van der Waals surface area contributed by atoms with Crippen LogP contribution in [0.3, 0.4) is 0 Å². The van der Waals surface area contributed by atoms with E-state index in [1.54, 1.807) is 12.1 Å². The van der Waals surface area contributed by atoms with Crippen LogP contribution in [0, 0.1) is 0 Å². The van der Waals surface area contributed by atoms with Crippen molar-refractivity contribution < 1.29 is 14.7 Å². The maximum atomic E-state index is 12.6. The summed E-state index contributed by atoms with van der Waals surface area (Å²) in [6, 6.07) is 23.5. The first-order valence-corrected chi connectivity index (χ1v) is 10.2. The molecule has 4 rings (SSSR count). The Balaban J connectivity index is 1.43. The Morgan fingerprint density at radius 1 is 0.903 bits per heavy atom. The van der Waals surface area contributed by atoms with E-state index >= 15 is 0 Å². The van der Waals surface area contributed by atoms with Gasteiger partial charge in [0.25, 0.3) is 5.91 Å². The Hall–Kier alpha value is -3.93. The maximum absolute atomic E-state index is 12.6. The molecule has 0 fully saturated rings. The number of nitrogens with one attached hydrogen (secondary N) is 2. The smallest absolute Gasteiger partial charge is 0.326 e. The molecule has 6 nitrogen and oxygen atoms in total. The number of amides is 1. The second-order valence-corrected chi connectivity index (χ2v) is 7.37. The molecule has 1 heterocycles. The minimum Gasteiger partial charge on any atom is -0.480 e. The average Bonchev–Trinajstić information content (AvgIpc) is 3.34. The van der Waals surface area contributed by atoms with Gasteiger partial charge in [-0.25, -0.2) is 4.79 Å². The summed E-state index contributed by atoms with van der Waals surface area (Å²) in [6.07, 6.45) is 0.229. The number of benzene rings is 3. The molecule has 0 saturated heterocycles. The normalized spacial score (nSPS) is 13.7. The monoisotopic (exact) mass is 413 g/mol. The number of hydrogen-bond donors (Lipinski definition) is 3. The van der Waals surface area contributed by atoms with Gasteiger partial charge in [-0.3, -0.25) is 9.79 Å². The quantitative estimate of drug-likeness (QED) is 0.555. The molecule has 3 aromatic rings. The van der Waals surface area contributed by atoms with Crippen molar-refractivity contribution in [3.8, 4) is 11.1 Å². The number of rotatable bonds is 7. The Morgan fingerprint density at radius 2 is 1.52 bits per heavy atom. The lowest BCUT2D eigenvalue weighted by molar-refractivity contribution is -0.139. The van der Waals surface area contributed by atoms with Gasteiger partial charge in [0, 0.05) is 24.1 Å². The Morgan fingerprint density at radius 3 is 2.10 bits per heavy atom. The molecule has 31 heavy (non-hydrogen) atoms. The number of carboxylic acid groups (broad SMARTS) is 1. The molecule has 6 heteroatoms. The summed E-state index contributed by atoms with van der Waals surface area (Å²) < 4.78 is 0. The fraction of sp³-hybridized carbons (Fsp3) is 0.160. The van der Waals surface area contributed by atoms with Crippen molar-refractivity contribution in [1.29, 1.82) is 0 Å². The molecule has 1 aliphatic heterocycles. The van der Waals surface area contributed by atoms with Gasteiger partial charge in [-0.1, -0.05) is 66.7 Å². The van der Waals surface area contributed by atoms with E-state index in [9.17, 15) is 14.7 Å². The third kappa shape index (κ3) is 4.98. The van der Waals surface area contributed by atoms with Gasteiger partial charge in [-0.2, -0.15) is 0 Å². The third-order valence-corrected chi connectivity index (χ3v) is 5.20. The van der Waals surface area contributed by atoms with Crippen LogP contribution in [0.15, 0.2) is 83.9 Å². The van der Waals surface area contributed by atoms with E-state index in [2.05, 4.69) is 15.6 Å². The lowest BCUT2D eigenvalue weighted by atomic mass is 10.0. The first kappa shape index (κ1) is 20.3. The zero-order chi connectivity index (χ0) is 21.6. The number of hydrogen-bond acceptors (Lipinski definition) is 4. The van der Waals surface area contributed by atoms with Crippen LogP contribution < -0.4 is 10.6 Å². The van der Waals surface area contributed by atoms with Crippen LogP contribution in [0.2, 0.25) is 0 Å². The van der Waals surface area contributed by atoms with Crippen LogP contribution in [0.25, 0.3) is 11.1 Å². The predicted molar refractivity (Wildman–Crippen MR) is 120 cm³/mol. The molecule has 3 N–H and O–H groups in total. The molecule has 0 saturated carbocycles. The minimum atomic E-state index is -1.06. The van der Waals surface area contributed by atoms with Gasteiger partial charge >= 0.3 is 5.97 Å². The predicted octanol–water partition coefficient (Wildman–Crippen LogP) is 3.13. The SMILES string of the molecule is O=C(N[C@@H](Cc1ccccc1)C(=O)O)c1ccc(-c2ccc(C3=NCCN3)cc2)cc1. The van der Waals surface area contributed by atoms with Gasteiger partial charge in [-0.15, -0.1) is 0 Å². The highest BCUT2D eigenvalue weighted by Crippen LogP contribution is 2.21. The molecule has 1 amide bonds. The highest BCUT2D eigenvalue weighted by molar-refractivity contribution is 6.00. The van der Waals surface area contributed by atoms with E-state index in [1.807, 2.05) is 66.7 Å². The van der Waals surface area contributed by atoms with E-state index in [-0.39, 0.29) is 6.42 Å². The lowest BCUT2D eigenvalue weighted by Gasteiger charge is -2.15. The van der Waals surface area contributed by atoms with Crippen molar-refractivity contribution in [2.75, 3.05) is 13.1 Å². The minimum absolute atomic E-state index is 0.229. The van der Waals surface area contributed by atoms with Crippen molar-refractivity contribution in [2.45, 2.75) is 12.5 Å². The molecule has 1 aliphatic rings. The number of carboxylic acids is 1. The second-order valence-electron chi connectivity index (χ2n) is 7.37. The molecule has 0 unspecified atom stereocenters. The second kappa shape index (κ2) is 9.26. The van der Waals surface area contributed by atoms with Crippen molar-refractivity contribution in [2.24, 2.45) is 4.99 Å². The van der Waals surface area contributed by atoms with Crippen LogP contribution in [-0.4, -0.2) is 41.9 Å². The zero-order valence-corrected chi connectivity index (χ0v) is 16.9. The summed E-state index contributed by atoms with van der Waals surface area (Å²) in [5.74, 6) is -0.548. The lowest BCUT2D eigenvalue weighted by Crippen LogP contribution is -2.42. The summed E-state index contributed by atoms with van der Waals surface area (Å²) in [6.45, 7) is 1.67. The summed E-state index contributed by atoms with van der Waals surface area (Å²) in [7, 11) is 0. The Bertz CT molecular complexity index is 1090. The maximum Gasteiger partial charge on any atom is 0.326 e. The molecular weight excluding hydrogens is 390 g/mol. The summed E-state index contributed by atoms with van der Waals surface area (Å²) in [5.41, 5.74) is 4.33. The Kier molecular flexibility index (Phi) is 6.08. The van der Waals surface area contributed by atoms with Gasteiger partial charge in [0.05, 0.1) is 6.54 Å². The van der Waals surface area contributed by atoms with E-state index in [0.29, 0.717) is 5.56 Å². The van der Waals surface area contributed by atoms with Gasteiger partial charge in [0.1, 0.15) is 11.9 Å². The van der Waals surface area contributed by atoms with Gasteiger partial charge in [0.15, 0.2) is 0 Å². The first-order chi connectivity index (χ1) is 15.1. The molecule has 0 radical (unpaired) electrons. The van der Waals surface area contributed by atoms with Crippen LogP contribution in [0.5, 0.6) is 0 Å².